The largest absolute Gasteiger partial charge is 0.367 e. The number of para-hydroxylation sites is 1. The molecule has 0 aliphatic carbocycles. The first-order valence-corrected chi connectivity index (χ1v) is 9.39. The highest BCUT2D eigenvalue weighted by Crippen LogP contribution is 2.32. The minimum absolute atomic E-state index is 0.363. The number of sulfonamides is 1. The predicted octanol–water partition coefficient (Wildman–Crippen LogP) is 2.69. The summed E-state index contributed by atoms with van der Waals surface area (Å²) in [6.07, 6.45) is 3.41. The van der Waals surface area contributed by atoms with Gasteiger partial charge in [0.2, 0.25) is 10.0 Å². The lowest BCUT2D eigenvalue weighted by molar-refractivity contribution is 0.485. The number of hydrogen-bond donors (Lipinski definition) is 0. The standard InChI is InChI=1S/C14H21BrN2O2S/c1-16(2)20(18,19)14-9-4-3-8-13(14)17-10-6-5-7-12(17)11-15/h3-4,8-9,12H,5-7,10-11H2,1-2H3. The molecule has 0 aromatic heterocycles. The van der Waals surface area contributed by atoms with Crippen molar-refractivity contribution in [1.29, 1.82) is 0 Å². The van der Waals surface area contributed by atoms with Crippen LogP contribution >= 0.6 is 15.9 Å². The van der Waals surface area contributed by atoms with Crippen LogP contribution < -0.4 is 4.90 Å². The number of piperidine rings is 1. The molecule has 1 heterocycles. The Kier molecular flexibility index (Phi) is 5.09. The van der Waals surface area contributed by atoms with Gasteiger partial charge < -0.3 is 4.90 Å². The van der Waals surface area contributed by atoms with E-state index in [9.17, 15) is 8.42 Å². The molecule has 0 spiro atoms. The van der Waals surface area contributed by atoms with E-state index in [1.165, 1.54) is 10.7 Å². The van der Waals surface area contributed by atoms with Gasteiger partial charge in [0, 0.05) is 32.0 Å². The summed E-state index contributed by atoms with van der Waals surface area (Å²) >= 11 is 3.55. The molecular formula is C14H21BrN2O2S. The molecule has 1 unspecified atom stereocenters. The van der Waals surface area contributed by atoms with Gasteiger partial charge in [0.15, 0.2) is 0 Å². The molecule has 0 saturated carbocycles. The lowest BCUT2D eigenvalue weighted by Crippen LogP contribution is -2.41. The van der Waals surface area contributed by atoms with Crippen molar-refractivity contribution >= 4 is 31.6 Å². The molecule has 1 saturated heterocycles. The number of nitrogens with zero attached hydrogens (tertiary/aromatic N) is 2. The number of anilines is 1. The fourth-order valence-corrected chi connectivity index (χ4v) is 4.35. The Balaban J connectivity index is 2.47. The summed E-state index contributed by atoms with van der Waals surface area (Å²) in [4.78, 5) is 2.63. The second-order valence-electron chi connectivity index (χ2n) is 5.25. The third kappa shape index (κ3) is 3.02. The van der Waals surface area contributed by atoms with Crippen LogP contribution in [0.4, 0.5) is 5.69 Å². The normalized spacial score (nSPS) is 20.4. The van der Waals surface area contributed by atoms with Crippen molar-refractivity contribution in [3.05, 3.63) is 24.3 Å². The highest BCUT2D eigenvalue weighted by Gasteiger charge is 2.28. The summed E-state index contributed by atoms with van der Waals surface area (Å²) in [5.41, 5.74) is 0.824. The summed E-state index contributed by atoms with van der Waals surface area (Å²) < 4.78 is 26.2. The average Bonchev–Trinajstić information content (AvgIpc) is 2.47. The molecule has 112 valence electrons. The summed E-state index contributed by atoms with van der Waals surface area (Å²) in [6.45, 7) is 0.913. The molecule has 1 aromatic carbocycles. The fraction of sp³-hybridized carbons (Fsp3) is 0.571. The average molecular weight is 361 g/mol. The molecule has 1 aromatic rings. The zero-order valence-electron chi connectivity index (χ0n) is 11.9. The van der Waals surface area contributed by atoms with Crippen LogP contribution in [0.15, 0.2) is 29.2 Å². The minimum atomic E-state index is -3.41. The molecule has 1 atom stereocenters. The van der Waals surface area contributed by atoms with Gasteiger partial charge in [-0.05, 0) is 31.4 Å². The Morgan fingerprint density at radius 3 is 2.65 bits per heavy atom. The summed E-state index contributed by atoms with van der Waals surface area (Å²) in [5.74, 6) is 0. The van der Waals surface area contributed by atoms with Crippen molar-refractivity contribution in [3.8, 4) is 0 Å². The van der Waals surface area contributed by atoms with Crippen molar-refractivity contribution < 1.29 is 8.42 Å². The molecule has 6 heteroatoms. The monoisotopic (exact) mass is 360 g/mol. The van der Waals surface area contributed by atoms with Gasteiger partial charge in [0.25, 0.3) is 0 Å². The summed E-state index contributed by atoms with van der Waals surface area (Å²) in [5, 5.41) is 0.864. The van der Waals surface area contributed by atoms with E-state index in [0.717, 1.165) is 30.4 Å². The van der Waals surface area contributed by atoms with E-state index >= 15 is 0 Å². The Hall–Kier alpha value is -0.590. The zero-order chi connectivity index (χ0) is 14.8. The molecule has 2 rings (SSSR count). The molecule has 1 aliphatic rings. The van der Waals surface area contributed by atoms with Crippen LogP contribution in [0.2, 0.25) is 0 Å². The smallest absolute Gasteiger partial charge is 0.244 e. The van der Waals surface area contributed by atoms with Crippen LogP contribution in [-0.2, 0) is 10.0 Å². The molecule has 0 radical (unpaired) electrons. The third-order valence-corrected chi connectivity index (χ3v) is 6.35. The van der Waals surface area contributed by atoms with Crippen molar-refractivity contribution in [1.82, 2.24) is 4.31 Å². The Bertz CT molecular complexity index is 560. The topological polar surface area (TPSA) is 40.6 Å². The first-order valence-electron chi connectivity index (χ1n) is 6.82. The Labute approximate surface area is 129 Å². The van der Waals surface area contributed by atoms with Crippen LogP contribution in [0.1, 0.15) is 19.3 Å². The van der Waals surface area contributed by atoms with E-state index < -0.39 is 10.0 Å². The molecule has 0 N–H and O–H groups in total. The molecule has 20 heavy (non-hydrogen) atoms. The number of benzene rings is 1. The van der Waals surface area contributed by atoms with E-state index in [1.807, 2.05) is 12.1 Å². The minimum Gasteiger partial charge on any atom is -0.367 e. The quantitative estimate of drug-likeness (QED) is 0.775. The van der Waals surface area contributed by atoms with Crippen molar-refractivity contribution in [3.63, 3.8) is 0 Å². The molecule has 0 bridgehead atoms. The first-order chi connectivity index (χ1) is 9.48. The maximum absolute atomic E-state index is 12.5. The zero-order valence-corrected chi connectivity index (χ0v) is 14.3. The molecule has 1 aliphatic heterocycles. The number of halogens is 1. The molecular weight excluding hydrogens is 340 g/mol. The maximum Gasteiger partial charge on any atom is 0.244 e. The van der Waals surface area contributed by atoms with Gasteiger partial charge in [-0.2, -0.15) is 0 Å². The van der Waals surface area contributed by atoms with Gasteiger partial charge in [-0.1, -0.05) is 28.1 Å². The summed E-state index contributed by atoms with van der Waals surface area (Å²) in [7, 11) is -0.265. The van der Waals surface area contributed by atoms with E-state index in [2.05, 4.69) is 20.8 Å². The lowest BCUT2D eigenvalue weighted by atomic mass is 10.0. The van der Waals surface area contributed by atoms with Crippen molar-refractivity contribution in [2.75, 3.05) is 30.9 Å². The summed E-state index contributed by atoms with van der Waals surface area (Å²) in [6, 6.07) is 7.67. The van der Waals surface area contributed by atoms with Crippen LogP contribution in [-0.4, -0.2) is 44.7 Å². The van der Waals surface area contributed by atoms with E-state index in [1.54, 1.807) is 26.2 Å². The Morgan fingerprint density at radius 2 is 2.00 bits per heavy atom. The highest BCUT2D eigenvalue weighted by atomic mass is 79.9. The molecule has 0 amide bonds. The fourth-order valence-electron chi connectivity index (χ4n) is 2.59. The van der Waals surface area contributed by atoms with Crippen LogP contribution in [0.3, 0.4) is 0 Å². The number of hydrogen-bond acceptors (Lipinski definition) is 3. The number of rotatable bonds is 4. The lowest BCUT2D eigenvalue weighted by Gasteiger charge is -2.37. The first kappa shape index (κ1) is 15.8. The van der Waals surface area contributed by atoms with Gasteiger partial charge in [0.1, 0.15) is 4.90 Å². The molecule has 1 fully saturated rings. The second kappa shape index (κ2) is 6.45. The van der Waals surface area contributed by atoms with Gasteiger partial charge >= 0.3 is 0 Å². The highest BCUT2D eigenvalue weighted by molar-refractivity contribution is 9.09. The van der Waals surface area contributed by atoms with Crippen molar-refractivity contribution in [2.24, 2.45) is 0 Å². The van der Waals surface area contributed by atoms with Gasteiger partial charge in [-0.15, -0.1) is 0 Å². The van der Waals surface area contributed by atoms with Gasteiger partial charge in [-0.3, -0.25) is 0 Å². The van der Waals surface area contributed by atoms with Gasteiger partial charge in [-0.25, -0.2) is 12.7 Å². The van der Waals surface area contributed by atoms with E-state index in [0.29, 0.717) is 10.9 Å². The van der Waals surface area contributed by atoms with Crippen LogP contribution in [0.5, 0.6) is 0 Å². The van der Waals surface area contributed by atoms with E-state index in [4.69, 9.17) is 0 Å². The maximum atomic E-state index is 12.5. The van der Waals surface area contributed by atoms with Crippen LogP contribution in [0.25, 0.3) is 0 Å². The predicted molar refractivity (Wildman–Crippen MR) is 86.1 cm³/mol. The van der Waals surface area contributed by atoms with E-state index in [-0.39, 0.29) is 0 Å². The second-order valence-corrected chi connectivity index (χ2v) is 8.02. The van der Waals surface area contributed by atoms with Gasteiger partial charge in [0.05, 0.1) is 5.69 Å². The number of alkyl halides is 1. The molecule has 4 nitrogen and oxygen atoms in total. The Morgan fingerprint density at radius 1 is 1.30 bits per heavy atom. The van der Waals surface area contributed by atoms with Crippen molar-refractivity contribution in [2.45, 2.75) is 30.2 Å². The third-order valence-electron chi connectivity index (χ3n) is 3.74. The van der Waals surface area contributed by atoms with Crippen LogP contribution in [0, 0.1) is 0 Å². The SMILES string of the molecule is CN(C)S(=O)(=O)c1ccccc1N1CCCCC1CBr.